The lowest BCUT2D eigenvalue weighted by atomic mass is 9.99. The van der Waals surface area contributed by atoms with Crippen molar-refractivity contribution in [1.29, 1.82) is 0 Å². The van der Waals surface area contributed by atoms with Crippen molar-refractivity contribution < 1.29 is 28.2 Å². The second-order valence-corrected chi connectivity index (χ2v) is 8.52. The van der Waals surface area contributed by atoms with Crippen LogP contribution in [-0.2, 0) is 14.8 Å². The standard InChI is InChI=1S/C19H14BrNO6S/c20-11-5-7-12(8-6-11)28(26,27)21-16-9-15(17(22)10-18(23)24)19(25)14-4-2-1-3-13(14)16/h1-9,21,25H,10H2,(H,23,24). The van der Waals surface area contributed by atoms with E-state index in [1.54, 1.807) is 30.3 Å². The average molecular weight is 464 g/mol. The van der Waals surface area contributed by atoms with Crippen LogP contribution in [0.1, 0.15) is 16.8 Å². The summed E-state index contributed by atoms with van der Waals surface area (Å²) < 4.78 is 28.6. The van der Waals surface area contributed by atoms with Crippen LogP contribution in [0.5, 0.6) is 5.75 Å². The Bertz CT molecular complexity index is 1190. The molecule has 3 rings (SSSR count). The Morgan fingerprint density at radius 3 is 2.21 bits per heavy atom. The molecule has 0 aliphatic rings. The predicted molar refractivity (Wildman–Crippen MR) is 107 cm³/mol. The molecule has 9 heteroatoms. The van der Waals surface area contributed by atoms with Gasteiger partial charge in [0.05, 0.1) is 16.1 Å². The van der Waals surface area contributed by atoms with Gasteiger partial charge in [0.15, 0.2) is 5.78 Å². The molecular formula is C19H14BrNO6S. The molecule has 144 valence electrons. The predicted octanol–water partition coefficient (Wildman–Crippen LogP) is 3.77. The number of sulfonamides is 1. The van der Waals surface area contributed by atoms with Crippen molar-refractivity contribution in [2.45, 2.75) is 11.3 Å². The molecule has 0 aliphatic heterocycles. The van der Waals surface area contributed by atoms with Gasteiger partial charge in [0.25, 0.3) is 10.0 Å². The minimum absolute atomic E-state index is 0.00580. The molecule has 0 aromatic heterocycles. The summed E-state index contributed by atoms with van der Waals surface area (Å²) in [4.78, 5) is 23.1. The van der Waals surface area contributed by atoms with Gasteiger partial charge in [-0.25, -0.2) is 8.42 Å². The van der Waals surface area contributed by atoms with E-state index >= 15 is 0 Å². The van der Waals surface area contributed by atoms with Gasteiger partial charge in [0, 0.05) is 15.2 Å². The van der Waals surface area contributed by atoms with E-state index in [2.05, 4.69) is 20.7 Å². The third-order valence-corrected chi connectivity index (χ3v) is 5.91. The van der Waals surface area contributed by atoms with Crippen LogP contribution in [0.4, 0.5) is 5.69 Å². The molecule has 0 aliphatic carbocycles. The Labute approximate surface area is 168 Å². The zero-order valence-corrected chi connectivity index (χ0v) is 16.6. The highest BCUT2D eigenvalue weighted by atomic mass is 79.9. The number of benzene rings is 3. The minimum Gasteiger partial charge on any atom is -0.507 e. The molecule has 0 radical (unpaired) electrons. The second kappa shape index (κ2) is 7.61. The molecule has 0 spiro atoms. The van der Waals surface area contributed by atoms with Crippen LogP contribution in [0.25, 0.3) is 10.8 Å². The molecule has 0 bridgehead atoms. The number of nitrogens with one attached hydrogen (secondary N) is 1. The maximum Gasteiger partial charge on any atom is 0.311 e. The number of phenolic OH excluding ortho intramolecular Hbond substituents is 1. The van der Waals surface area contributed by atoms with Gasteiger partial charge < -0.3 is 10.2 Å². The smallest absolute Gasteiger partial charge is 0.311 e. The zero-order chi connectivity index (χ0) is 20.5. The number of anilines is 1. The van der Waals surface area contributed by atoms with Gasteiger partial charge in [-0.3, -0.25) is 14.3 Å². The molecule has 0 amide bonds. The van der Waals surface area contributed by atoms with Crippen LogP contribution >= 0.6 is 15.9 Å². The van der Waals surface area contributed by atoms with Crippen molar-refractivity contribution in [3.8, 4) is 5.75 Å². The van der Waals surface area contributed by atoms with Crippen molar-refractivity contribution in [2.24, 2.45) is 0 Å². The highest BCUT2D eigenvalue weighted by Crippen LogP contribution is 2.36. The summed E-state index contributed by atoms with van der Waals surface area (Å²) in [6.07, 6.45) is -0.829. The van der Waals surface area contributed by atoms with E-state index in [1.165, 1.54) is 18.2 Å². The Morgan fingerprint density at radius 1 is 1.00 bits per heavy atom. The van der Waals surface area contributed by atoms with E-state index in [0.29, 0.717) is 9.86 Å². The number of phenols is 1. The van der Waals surface area contributed by atoms with E-state index < -0.39 is 33.9 Å². The summed E-state index contributed by atoms with van der Waals surface area (Å²) in [7, 11) is -3.98. The number of hydrogen-bond acceptors (Lipinski definition) is 5. The summed E-state index contributed by atoms with van der Waals surface area (Å²) in [6, 6.07) is 13.5. The number of aromatic hydroxyl groups is 1. The number of carboxylic acids is 1. The average Bonchev–Trinajstić information content (AvgIpc) is 2.63. The van der Waals surface area contributed by atoms with Gasteiger partial charge in [-0.1, -0.05) is 40.2 Å². The molecule has 3 aromatic carbocycles. The lowest BCUT2D eigenvalue weighted by Crippen LogP contribution is -2.14. The van der Waals surface area contributed by atoms with E-state index in [-0.39, 0.29) is 21.5 Å². The summed E-state index contributed by atoms with van der Waals surface area (Å²) >= 11 is 3.24. The first-order valence-electron chi connectivity index (χ1n) is 7.97. The Balaban J connectivity index is 2.14. The largest absolute Gasteiger partial charge is 0.507 e. The van der Waals surface area contributed by atoms with Gasteiger partial charge in [0.2, 0.25) is 0 Å². The fraction of sp³-hybridized carbons (Fsp3) is 0.0526. The zero-order valence-electron chi connectivity index (χ0n) is 14.2. The number of carbonyl (C=O) groups is 2. The van der Waals surface area contributed by atoms with E-state index in [4.69, 9.17) is 5.11 Å². The lowest BCUT2D eigenvalue weighted by molar-refractivity contribution is -0.135. The van der Waals surface area contributed by atoms with Crippen LogP contribution < -0.4 is 4.72 Å². The number of ketones is 1. The monoisotopic (exact) mass is 463 g/mol. The number of rotatable bonds is 6. The van der Waals surface area contributed by atoms with Crippen molar-refractivity contribution in [3.63, 3.8) is 0 Å². The van der Waals surface area contributed by atoms with Gasteiger partial charge >= 0.3 is 5.97 Å². The van der Waals surface area contributed by atoms with Gasteiger partial charge in [-0.05, 0) is 30.3 Å². The lowest BCUT2D eigenvalue weighted by Gasteiger charge is -2.14. The summed E-state index contributed by atoms with van der Waals surface area (Å²) in [5, 5.41) is 19.9. The molecule has 28 heavy (non-hydrogen) atoms. The Hall–Kier alpha value is -2.91. The van der Waals surface area contributed by atoms with Crippen molar-refractivity contribution in [1.82, 2.24) is 0 Å². The summed E-state index contributed by atoms with van der Waals surface area (Å²) in [6.45, 7) is 0. The van der Waals surface area contributed by atoms with Crippen LogP contribution in [0.3, 0.4) is 0 Å². The molecule has 0 saturated heterocycles. The van der Waals surface area contributed by atoms with E-state index in [9.17, 15) is 23.1 Å². The van der Waals surface area contributed by atoms with Gasteiger partial charge in [-0.15, -0.1) is 0 Å². The van der Waals surface area contributed by atoms with Crippen molar-refractivity contribution in [3.05, 3.63) is 64.6 Å². The molecule has 7 nitrogen and oxygen atoms in total. The Morgan fingerprint density at radius 2 is 1.61 bits per heavy atom. The normalized spacial score (nSPS) is 11.3. The number of halogens is 1. The maximum atomic E-state index is 12.7. The number of hydrogen-bond donors (Lipinski definition) is 3. The molecule has 0 unspecified atom stereocenters. The molecule has 0 fully saturated rings. The number of carbonyl (C=O) groups excluding carboxylic acids is 1. The molecule has 0 atom stereocenters. The number of aliphatic carboxylic acids is 1. The summed E-state index contributed by atoms with van der Waals surface area (Å²) in [5.74, 6) is -2.58. The van der Waals surface area contributed by atoms with Crippen molar-refractivity contribution >= 4 is 54.2 Å². The van der Waals surface area contributed by atoms with Crippen LogP contribution in [0, 0.1) is 0 Å². The first-order valence-corrected chi connectivity index (χ1v) is 10.2. The van der Waals surface area contributed by atoms with E-state index in [0.717, 1.165) is 6.07 Å². The second-order valence-electron chi connectivity index (χ2n) is 5.92. The molecule has 0 heterocycles. The molecular weight excluding hydrogens is 450 g/mol. The Kier molecular flexibility index (Phi) is 5.39. The number of fused-ring (bicyclic) bond motifs is 1. The summed E-state index contributed by atoms with van der Waals surface area (Å²) in [5.41, 5.74) is -0.209. The molecule has 3 aromatic rings. The number of carboxylic acid groups (broad SMARTS) is 1. The number of Topliss-reactive ketones (excluding diaryl/α,β-unsaturated/α-hetero) is 1. The first-order chi connectivity index (χ1) is 13.2. The molecule has 0 saturated carbocycles. The quantitative estimate of drug-likeness (QED) is 0.290. The maximum absolute atomic E-state index is 12.7. The van der Waals surface area contributed by atoms with Crippen molar-refractivity contribution in [2.75, 3.05) is 4.72 Å². The van der Waals surface area contributed by atoms with E-state index in [1.807, 2.05) is 0 Å². The highest BCUT2D eigenvalue weighted by molar-refractivity contribution is 9.10. The minimum atomic E-state index is -3.98. The van der Waals surface area contributed by atoms with Crippen LogP contribution in [-0.4, -0.2) is 30.4 Å². The fourth-order valence-corrected chi connectivity index (χ4v) is 4.04. The van der Waals surface area contributed by atoms with Gasteiger partial charge in [-0.2, -0.15) is 0 Å². The molecule has 3 N–H and O–H groups in total. The fourth-order valence-electron chi connectivity index (χ4n) is 2.71. The van der Waals surface area contributed by atoms with Crippen LogP contribution in [0.2, 0.25) is 0 Å². The topological polar surface area (TPSA) is 121 Å². The van der Waals surface area contributed by atoms with Gasteiger partial charge in [0.1, 0.15) is 12.2 Å². The van der Waals surface area contributed by atoms with Crippen LogP contribution in [0.15, 0.2) is 64.0 Å². The first kappa shape index (κ1) is 19.8. The third-order valence-electron chi connectivity index (χ3n) is 4.00. The third kappa shape index (κ3) is 4.00. The highest BCUT2D eigenvalue weighted by Gasteiger charge is 2.22. The SMILES string of the molecule is O=C(O)CC(=O)c1cc(NS(=O)(=O)c2ccc(Br)cc2)c2ccccc2c1O.